The average molecular weight is 412 g/mol. The molecule has 4 fully saturated rings. The molecule has 1 aromatic rings. The number of nitrogens with zero attached hydrogens (tertiary/aromatic N) is 2. The molecule has 4 bridgehead atoms. The Hall–Kier alpha value is -0.490. The summed E-state index contributed by atoms with van der Waals surface area (Å²) in [6.45, 7) is 2.20. The number of amides is 1. The van der Waals surface area contributed by atoms with Gasteiger partial charge in [-0.2, -0.15) is 0 Å². The maximum absolute atomic E-state index is 13.1. The van der Waals surface area contributed by atoms with Gasteiger partial charge in [0.15, 0.2) is 0 Å². The highest BCUT2D eigenvalue weighted by Crippen LogP contribution is 2.64. The van der Waals surface area contributed by atoms with Crippen LogP contribution in [-0.4, -0.2) is 20.4 Å². The van der Waals surface area contributed by atoms with Crippen molar-refractivity contribution in [2.45, 2.75) is 75.5 Å². The largest absolute Gasteiger partial charge is 0.300 e. The number of aryl methyl sites for hydroxylation is 1. The first-order chi connectivity index (χ1) is 11.5. The summed E-state index contributed by atoms with van der Waals surface area (Å²) in [7, 11) is 0. The number of rotatable bonds is 6. The Morgan fingerprint density at radius 3 is 2.67 bits per heavy atom. The van der Waals surface area contributed by atoms with E-state index in [1.165, 1.54) is 32.1 Å². The lowest BCUT2D eigenvalue weighted by atomic mass is 9.49. The van der Waals surface area contributed by atoms with Crippen LogP contribution in [0.2, 0.25) is 0 Å². The number of nitrogens with one attached hydrogen (secondary N) is 1. The number of alkyl halides is 1. The van der Waals surface area contributed by atoms with Crippen molar-refractivity contribution in [3.63, 3.8) is 0 Å². The van der Waals surface area contributed by atoms with Crippen molar-refractivity contribution in [2.75, 3.05) is 5.32 Å². The number of hydrogen-bond acceptors (Lipinski definition) is 4. The summed E-state index contributed by atoms with van der Waals surface area (Å²) in [5.41, 5.74) is -0.179. The second-order valence-electron chi connectivity index (χ2n) is 8.30. The minimum Gasteiger partial charge on any atom is -0.300 e. The zero-order chi connectivity index (χ0) is 16.8. The molecule has 0 radical (unpaired) electrons. The number of aromatic nitrogens is 2. The molecule has 1 aromatic heterocycles. The standard InChI is InChI=1S/C18H26BrN3OS/c1-2-3-4-5-14-21-22-16(24-14)20-15(23)17-7-12-6-13(8-17)10-18(19,9-12)11-17/h12-13H,2-11H2,1H3,(H,20,22,23). The summed E-state index contributed by atoms with van der Waals surface area (Å²) in [5.74, 6) is 1.63. The van der Waals surface area contributed by atoms with Gasteiger partial charge < -0.3 is 5.32 Å². The number of anilines is 1. The van der Waals surface area contributed by atoms with E-state index >= 15 is 0 Å². The predicted molar refractivity (Wildman–Crippen MR) is 101 cm³/mol. The van der Waals surface area contributed by atoms with Crippen molar-refractivity contribution < 1.29 is 4.79 Å². The topological polar surface area (TPSA) is 54.9 Å². The molecular weight excluding hydrogens is 386 g/mol. The highest BCUT2D eigenvalue weighted by molar-refractivity contribution is 9.10. The van der Waals surface area contributed by atoms with E-state index in [1.54, 1.807) is 11.3 Å². The van der Waals surface area contributed by atoms with Crippen LogP contribution in [0.3, 0.4) is 0 Å². The maximum Gasteiger partial charge on any atom is 0.232 e. The van der Waals surface area contributed by atoms with Crippen LogP contribution in [-0.2, 0) is 11.2 Å². The monoisotopic (exact) mass is 411 g/mol. The second kappa shape index (κ2) is 6.35. The van der Waals surface area contributed by atoms with E-state index in [4.69, 9.17) is 0 Å². The molecule has 4 nitrogen and oxygen atoms in total. The first-order valence-electron chi connectivity index (χ1n) is 9.33. The molecule has 0 spiro atoms. The summed E-state index contributed by atoms with van der Waals surface area (Å²) < 4.78 is 0.209. The van der Waals surface area contributed by atoms with Gasteiger partial charge in [-0.3, -0.25) is 4.79 Å². The zero-order valence-electron chi connectivity index (χ0n) is 14.3. The number of halogens is 1. The average Bonchev–Trinajstić information content (AvgIpc) is 2.92. The maximum atomic E-state index is 13.1. The van der Waals surface area contributed by atoms with Crippen LogP contribution in [0.5, 0.6) is 0 Å². The van der Waals surface area contributed by atoms with Crippen LogP contribution in [0.25, 0.3) is 0 Å². The molecule has 0 saturated heterocycles. The highest BCUT2D eigenvalue weighted by Gasteiger charge is 2.59. The first-order valence-corrected chi connectivity index (χ1v) is 10.9. The lowest BCUT2D eigenvalue weighted by Gasteiger charge is -2.59. The Balaban J connectivity index is 1.43. The van der Waals surface area contributed by atoms with E-state index in [1.807, 2.05) is 0 Å². The van der Waals surface area contributed by atoms with Crippen molar-refractivity contribution in [2.24, 2.45) is 17.3 Å². The molecule has 4 saturated carbocycles. The Morgan fingerprint density at radius 2 is 2.00 bits per heavy atom. The molecule has 1 amide bonds. The third-order valence-corrected chi connectivity index (χ3v) is 7.98. The fourth-order valence-electron chi connectivity index (χ4n) is 5.58. The van der Waals surface area contributed by atoms with Gasteiger partial charge in [0.1, 0.15) is 5.01 Å². The molecule has 0 aromatic carbocycles. The van der Waals surface area contributed by atoms with Gasteiger partial charge in [0.2, 0.25) is 11.0 Å². The molecule has 6 heteroatoms. The number of carbonyl (C=O) groups excluding carboxylic acids is 1. The van der Waals surface area contributed by atoms with Gasteiger partial charge in [-0.05, 0) is 56.8 Å². The van der Waals surface area contributed by atoms with E-state index in [9.17, 15) is 4.79 Å². The summed E-state index contributed by atoms with van der Waals surface area (Å²) >= 11 is 5.53. The zero-order valence-corrected chi connectivity index (χ0v) is 16.7. The minimum atomic E-state index is -0.179. The number of carbonyl (C=O) groups is 1. The molecule has 0 aliphatic heterocycles. The van der Waals surface area contributed by atoms with E-state index < -0.39 is 0 Å². The Bertz CT molecular complexity index is 618. The van der Waals surface area contributed by atoms with Crippen LogP contribution < -0.4 is 5.32 Å². The fourth-order valence-corrected chi connectivity index (χ4v) is 7.81. The van der Waals surface area contributed by atoms with Crippen LogP contribution in [0.4, 0.5) is 5.13 Å². The van der Waals surface area contributed by atoms with E-state index in [0.717, 1.165) is 48.9 Å². The minimum absolute atomic E-state index is 0.179. The van der Waals surface area contributed by atoms with Crippen molar-refractivity contribution in [3.8, 4) is 0 Å². The van der Waals surface area contributed by atoms with Crippen LogP contribution in [0.15, 0.2) is 0 Å². The van der Waals surface area contributed by atoms with Gasteiger partial charge in [0, 0.05) is 10.7 Å². The molecule has 4 aliphatic rings. The number of unbranched alkanes of at least 4 members (excludes halogenated alkanes) is 2. The van der Waals surface area contributed by atoms with Gasteiger partial charge in [-0.25, -0.2) is 0 Å². The third-order valence-electron chi connectivity index (χ3n) is 6.15. The van der Waals surface area contributed by atoms with E-state index in [-0.39, 0.29) is 15.6 Å². The van der Waals surface area contributed by atoms with Crippen LogP contribution >= 0.6 is 27.3 Å². The third kappa shape index (κ3) is 3.16. The Kier molecular flexibility index (Phi) is 4.48. The molecule has 1 heterocycles. The lowest BCUT2D eigenvalue weighted by molar-refractivity contribution is -0.138. The van der Waals surface area contributed by atoms with Crippen molar-refractivity contribution in [1.29, 1.82) is 0 Å². The number of hydrogen-bond donors (Lipinski definition) is 1. The SMILES string of the molecule is CCCCCc1nnc(NC(=O)C23CC4CC(CC(Br)(C4)C2)C3)s1. The predicted octanol–water partition coefficient (Wildman–Crippen LogP) is 4.94. The van der Waals surface area contributed by atoms with E-state index in [2.05, 4.69) is 38.4 Å². The first kappa shape index (κ1) is 17.0. The van der Waals surface area contributed by atoms with Crippen molar-refractivity contribution in [1.82, 2.24) is 10.2 Å². The molecule has 1 N–H and O–H groups in total. The Labute approximate surface area is 156 Å². The van der Waals surface area contributed by atoms with Crippen molar-refractivity contribution in [3.05, 3.63) is 5.01 Å². The summed E-state index contributed by atoms with van der Waals surface area (Å²) in [5, 5.41) is 13.3. The quantitative estimate of drug-likeness (QED) is 0.532. The molecule has 132 valence electrons. The van der Waals surface area contributed by atoms with E-state index in [0.29, 0.717) is 5.13 Å². The second-order valence-corrected chi connectivity index (χ2v) is 11.0. The fraction of sp³-hybridized carbons (Fsp3) is 0.833. The highest BCUT2D eigenvalue weighted by atomic mass is 79.9. The van der Waals surface area contributed by atoms with Gasteiger partial charge in [-0.15, -0.1) is 10.2 Å². The van der Waals surface area contributed by atoms with Gasteiger partial charge >= 0.3 is 0 Å². The molecule has 2 atom stereocenters. The van der Waals surface area contributed by atoms with Gasteiger partial charge in [0.25, 0.3) is 0 Å². The normalized spacial score (nSPS) is 36.9. The molecular formula is C18H26BrN3OS. The molecule has 24 heavy (non-hydrogen) atoms. The van der Waals surface area contributed by atoms with Crippen molar-refractivity contribution >= 4 is 38.3 Å². The van der Waals surface area contributed by atoms with Crippen LogP contribution in [0, 0.1) is 17.3 Å². The molecule has 5 rings (SSSR count). The van der Waals surface area contributed by atoms with Gasteiger partial charge in [-0.1, -0.05) is 47.0 Å². The smallest absolute Gasteiger partial charge is 0.232 e. The summed E-state index contributed by atoms with van der Waals surface area (Å²) in [4.78, 5) is 13.1. The molecule has 2 unspecified atom stereocenters. The molecule has 4 aliphatic carbocycles. The summed E-state index contributed by atoms with van der Waals surface area (Å²) in [6.07, 6.45) is 11.5. The summed E-state index contributed by atoms with van der Waals surface area (Å²) in [6, 6.07) is 0. The lowest BCUT2D eigenvalue weighted by Crippen LogP contribution is -2.57. The Morgan fingerprint density at radius 1 is 1.25 bits per heavy atom. The van der Waals surface area contributed by atoms with Gasteiger partial charge in [0.05, 0.1) is 5.41 Å². The van der Waals surface area contributed by atoms with Crippen LogP contribution in [0.1, 0.15) is 69.7 Å².